The van der Waals surface area contributed by atoms with Crippen LogP contribution in [0.15, 0.2) is 64.5 Å². The minimum atomic E-state index is -4.64. The molecule has 1 aromatic heterocycles. The zero-order chi connectivity index (χ0) is 26.5. The van der Waals surface area contributed by atoms with Gasteiger partial charge in [0.15, 0.2) is 5.16 Å². The van der Waals surface area contributed by atoms with Crippen molar-refractivity contribution in [2.45, 2.75) is 38.0 Å². The summed E-state index contributed by atoms with van der Waals surface area (Å²) in [6.45, 7) is 5.65. The van der Waals surface area contributed by atoms with Crippen LogP contribution in [0.2, 0.25) is 0 Å². The van der Waals surface area contributed by atoms with Crippen molar-refractivity contribution >= 4 is 35.1 Å². The van der Waals surface area contributed by atoms with Gasteiger partial charge in [0.25, 0.3) is 5.56 Å². The molecule has 0 saturated heterocycles. The van der Waals surface area contributed by atoms with E-state index in [0.717, 1.165) is 34.1 Å². The second-order valence-electron chi connectivity index (χ2n) is 8.08. The molecular weight excluding hydrogens is 495 g/mol. The Morgan fingerprint density at radius 2 is 1.72 bits per heavy atom. The van der Waals surface area contributed by atoms with E-state index in [1.54, 1.807) is 19.1 Å². The highest BCUT2D eigenvalue weighted by Crippen LogP contribution is 2.34. The molecular formula is C24H24F3N5O3S. The van der Waals surface area contributed by atoms with Crippen molar-refractivity contribution in [2.24, 2.45) is 0 Å². The molecule has 0 fully saturated rings. The number of aryl methyl sites for hydroxylation is 1. The van der Waals surface area contributed by atoms with Gasteiger partial charge in [-0.25, -0.2) is 15.2 Å². The van der Waals surface area contributed by atoms with Crippen LogP contribution in [0.3, 0.4) is 0 Å². The highest BCUT2D eigenvalue weighted by Gasteiger charge is 2.33. The van der Waals surface area contributed by atoms with E-state index in [-0.39, 0.29) is 16.6 Å². The van der Waals surface area contributed by atoms with Crippen LogP contribution in [0.25, 0.3) is 0 Å². The quantitative estimate of drug-likeness (QED) is 0.294. The summed E-state index contributed by atoms with van der Waals surface area (Å²) in [4.78, 5) is 41.6. The summed E-state index contributed by atoms with van der Waals surface area (Å²) in [5.74, 6) is -0.778. The van der Waals surface area contributed by atoms with Crippen molar-refractivity contribution in [3.63, 3.8) is 0 Å². The van der Waals surface area contributed by atoms with Crippen molar-refractivity contribution in [2.75, 3.05) is 21.8 Å². The topological polar surface area (TPSA) is 105 Å². The Morgan fingerprint density at radius 3 is 2.36 bits per heavy atom. The molecule has 0 bridgehead atoms. The second kappa shape index (κ2) is 11.3. The number of amides is 3. The van der Waals surface area contributed by atoms with Gasteiger partial charge in [-0.15, -0.1) is 0 Å². The minimum Gasteiger partial charge on any atom is -0.325 e. The van der Waals surface area contributed by atoms with Gasteiger partial charge in [0.2, 0.25) is 5.91 Å². The van der Waals surface area contributed by atoms with Gasteiger partial charge < -0.3 is 10.6 Å². The Kier molecular flexibility index (Phi) is 8.41. The molecule has 1 heterocycles. The maximum atomic E-state index is 13.2. The average molecular weight is 520 g/mol. The molecule has 3 N–H and O–H groups in total. The molecule has 0 aliphatic carbocycles. The summed E-state index contributed by atoms with van der Waals surface area (Å²) < 4.78 is 40.4. The number of rotatable bonds is 7. The number of hydrogen-bond acceptors (Lipinski definition) is 5. The first kappa shape index (κ1) is 26.8. The first-order valence-corrected chi connectivity index (χ1v) is 11.8. The Labute approximate surface area is 209 Å². The number of hydrogen-bond donors (Lipinski definition) is 3. The monoisotopic (exact) mass is 519 g/mol. The Morgan fingerprint density at radius 1 is 1.06 bits per heavy atom. The minimum absolute atomic E-state index is 0.00966. The number of anilines is 2. The summed E-state index contributed by atoms with van der Waals surface area (Å²) in [6, 6.07) is 12.3. The lowest BCUT2D eigenvalue weighted by molar-refractivity contribution is -0.137. The number of benzene rings is 2. The summed E-state index contributed by atoms with van der Waals surface area (Å²) in [7, 11) is 0. The number of aromatic nitrogens is 2. The molecule has 190 valence electrons. The summed E-state index contributed by atoms with van der Waals surface area (Å²) >= 11 is 0.786. The fraction of sp³-hybridized carbons (Fsp3) is 0.250. The van der Waals surface area contributed by atoms with Gasteiger partial charge in [-0.05, 0) is 42.7 Å². The van der Waals surface area contributed by atoms with Crippen LogP contribution >= 0.6 is 11.8 Å². The van der Waals surface area contributed by atoms with Gasteiger partial charge in [-0.2, -0.15) is 17.8 Å². The predicted molar refractivity (Wildman–Crippen MR) is 133 cm³/mol. The SMILES string of the molecule is Cc1cc(=O)n(NC(=O)Nc2ccc(C(C)C)cc2)c(SCC(=O)Nc2ccccc2C(F)(F)F)n1. The van der Waals surface area contributed by atoms with Gasteiger partial charge in [-0.1, -0.05) is 49.9 Å². The molecule has 0 aliphatic rings. The Hall–Kier alpha value is -3.80. The molecule has 3 amide bonds. The zero-order valence-corrected chi connectivity index (χ0v) is 20.5. The molecule has 0 aliphatic heterocycles. The fourth-order valence-electron chi connectivity index (χ4n) is 3.14. The largest absolute Gasteiger partial charge is 0.418 e. The lowest BCUT2D eigenvalue weighted by Gasteiger charge is -2.15. The first-order chi connectivity index (χ1) is 16.9. The molecule has 0 atom stereocenters. The predicted octanol–water partition coefficient (Wildman–Crippen LogP) is 5.20. The van der Waals surface area contributed by atoms with E-state index in [0.29, 0.717) is 17.3 Å². The molecule has 0 unspecified atom stereocenters. The lowest BCUT2D eigenvalue weighted by Crippen LogP contribution is -2.37. The van der Waals surface area contributed by atoms with Crippen LogP contribution in [0.5, 0.6) is 0 Å². The van der Waals surface area contributed by atoms with Crippen molar-refractivity contribution < 1.29 is 22.8 Å². The average Bonchev–Trinajstić information content (AvgIpc) is 2.79. The number of nitrogens with one attached hydrogen (secondary N) is 3. The van der Waals surface area contributed by atoms with Crippen LogP contribution in [0.4, 0.5) is 29.3 Å². The highest BCUT2D eigenvalue weighted by atomic mass is 32.2. The van der Waals surface area contributed by atoms with Crippen molar-refractivity contribution in [1.82, 2.24) is 9.66 Å². The van der Waals surface area contributed by atoms with Crippen LogP contribution < -0.4 is 21.6 Å². The van der Waals surface area contributed by atoms with Gasteiger partial charge in [0.05, 0.1) is 17.0 Å². The van der Waals surface area contributed by atoms with E-state index in [1.165, 1.54) is 18.2 Å². The maximum absolute atomic E-state index is 13.2. The van der Waals surface area contributed by atoms with Gasteiger partial charge in [0.1, 0.15) is 0 Å². The van der Waals surface area contributed by atoms with Crippen molar-refractivity contribution in [3.05, 3.63) is 81.8 Å². The number of nitrogens with zero attached hydrogens (tertiary/aromatic N) is 2. The van der Waals surface area contributed by atoms with Gasteiger partial charge in [-0.3, -0.25) is 9.59 Å². The smallest absolute Gasteiger partial charge is 0.325 e. The normalized spacial score (nSPS) is 11.3. The van der Waals surface area contributed by atoms with Crippen LogP contribution in [-0.2, 0) is 11.0 Å². The molecule has 36 heavy (non-hydrogen) atoms. The summed E-state index contributed by atoms with van der Waals surface area (Å²) in [5, 5.41) is 4.83. The van der Waals surface area contributed by atoms with E-state index in [9.17, 15) is 27.6 Å². The van der Waals surface area contributed by atoms with Crippen molar-refractivity contribution in [3.8, 4) is 0 Å². The number of urea groups is 1. The third-order valence-electron chi connectivity index (χ3n) is 4.90. The Balaban J connectivity index is 1.70. The number of thioether (sulfide) groups is 1. The molecule has 8 nitrogen and oxygen atoms in total. The summed E-state index contributed by atoms with van der Waals surface area (Å²) in [5.41, 5.74) is 2.36. The van der Waals surface area contributed by atoms with Gasteiger partial charge in [0, 0.05) is 17.4 Å². The number of halogens is 3. The number of carbonyl (C=O) groups is 2. The molecule has 3 aromatic rings. The number of para-hydroxylation sites is 1. The lowest BCUT2D eigenvalue weighted by atomic mass is 10.0. The van der Waals surface area contributed by atoms with Crippen molar-refractivity contribution in [1.29, 1.82) is 0 Å². The standard InChI is InChI=1S/C24H24F3N5O3S/c1-14(2)16-8-10-17(11-9-16)29-22(35)31-32-21(34)12-15(3)28-23(32)36-13-20(33)30-19-7-5-4-6-18(19)24(25,26)27/h4-12,14H,13H2,1-3H3,(H,30,33)(H2,29,31,35). The second-order valence-corrected chi connectivity index (χ2v) is 9.02. The van der Waals surface area contributed by atoms with Crippen LogP contribution in [0.1, 0.15) is 36.6 Å². The third kappa shape index (κ3) is 7.11. The highest BCUT2D eigenvalue weighted by molar-refractivity contribution is 7.99. The fourth-order valence-corrected chi connectivity index (χ4v) is 3.94. The number of alkyl halides is 3. The van der Waals surface area contributed by atoms with Gasteiger partial charge >= 0.3 is 12.2 Å². The molecule has 0 spiro atoms. The maximum Gasteiger partial charge on any atom is 0.418 e. The van der Waals surface area contributed by atoms with E-state index in [4.69, 9.17) is 0 Å². The zero-order valence-electron chi connectivity index (χ0n) is 19.6. The third-order valence-corrected chi connectivity index (χ3v) is 5.84. The number of carbonyl (C=O) groups excluding carboxylic acids is 2. The van der Waals surface area contributed by atoms with E-state index in [2.05, 4.69) is 21.0 Å². The summed E-state index contributed by atoms with van der Waals surface area (Å²) in [6.07, 6.45) is -4.64. The molecule has 0 saturated carbocycles. The van der Waals surface area contributed by atoms with E-state index in [1.807, 2.05) is 26.0 Å². The first-order valence-electron chi connectivity index (χ1n) is 10.8. The molecule has 0 radical (unpaired) electrons. The molecule has 12 heteroatoms. The molecule has 2 aromatic carbocycles. The van der Waals surface area contributed by atoms with Crippen LogP contribution in [-0.4, -0.2) is 27.4 Å². The molecule has 3 rings (SSSR count). The van der Waals surface area contributed by atoms with E-state index >= 15 is 0 Å². The Bertz CT molecular complexity index is 1310. The van der Waals surface area contributed by atoms with E-state index < -0.39 is 29.2 Å². The van der Waals surface area contributed by atoms with Crippen LogP contribution in [0, 0.1) is 6.92 Å².